The number of anilines is 1. The number of ether oxygens (including phenoxy) is 3. The standard InChI is InChI=1S/C37H53N2O4/c1-5-7-9-11-13-15-17-36(39-28-26-32(27-29-39)38(3)4)42-34-20-18-31(19-21-34)37(40)43-35-24-22-33(23-25-35)41-30-16-14-12-10-8-6-2/h18-29,36H,5-17,30H2,1-4H3/q+1. The van der Waals surface area contributed by atoms with E-state index in [1.165, 1.54) is 64.2 Å². The maximum atomic E-state index is 12.8. The molecule has 0 aliphatic heterocycles. The lowest BCUT2D eigenvalue weighted by Gasteiger charge is -2.16. The van der Waals surface area contributed by atoms with Gasteiger partial charge in [-0.2, -0.15) is 4.57 Å². The topological polar surface area (TPSA) is 51.9 Å². The molecule has 1 aromatic heterocycles. The third kappa shape index (κ3) is 12.7. The minimum atomic E-state index is -0.399. The van der Waals surface area contributed by atoms with E-state index in [0.717, 1.165) is 36.4 Å². The third-order valence-corrected chi connectivity index (χ3v) is 7.65. The van der Waals surface area contributed by atoms with Gasteiger partial charge in [0.05, 0.1) is 12.2 Å². The van der Waals surface area contributed by atoms with Crippen LogP contribution in [0, 0.1) is 0 Å². The molecule has 0 N–H and O–H groups in total. The SMILES string of the molecule is CCCCCCCCOc1ccc(OC(=O)c2ccc(OC(CCCCCCCC)[n+]3ccc(N(C)C)cc3)cc2)cc1. The van der Waals surface area contributed by atoms with Crippen LogP contribution >= 0.6 is 0 Å². The predicted octanol–water partition coefficient (Wildman–Crippen LogP) is 9.33. The molecule has 234 valence electrons. The molecular weight excluding hydrogens is 536 g/mol. The first-order valence-electron chi connectivity index (χ1n) is 16.4. The van der Waals surface area contributed by atoms with Crippen LogP contribution in [-0.4, -0.2) is 26.7 Å². The van der Waals surface area contributed by atoms with Crippen molar-refractivity contribution in [3.8, 4) is 17.2 Å². The number of nitrogens with zero attached hydrogens (tertiary/aromatic N) is 2. The quantitative estimate of drug-likeness (QED) is 0.0536. The van der Waals surface area contributed by atoms with Crippen LogP contribution < -0.4 is 23.7 Å². The van der Waals surface area contributed by atoms with Gasteiger partial charge in [-0.05, 0) is 61.4 Å². The third-order valence-electron chi connectivity index (χ3n) is 7.65. The van der Waals surface area contributed by atoms with Crippen molar-refractivity contribution in [3.63, 3.8) is 0 Å². The minimum absolute atomic E-state index is 0.123. The minimum Gasteiger partial charge on any atom is -0.494 e. The van der Waals surface area contributed by atoms with Gasteiger partial charge in [-0.25, -0.2) is 4.79 Å². The van der Waals surface area contributed by atoms with Gasteiger partial charge in [0, 0.05) is 38.3 Å². The summed E-state index contributed by atoms with van der Waals surface area (Å²) in [6.45, 7) is 5.18. The van der Waals surface area contributed by atoms with Crippen molar-refractivity contribution in [2.75, 3.05) is 25.6 Å². The molecule has 6 nitrogen and oxygen atoms in total. The van der Waals surface area contributed by atoms with Gasteiger partial charge in [0.15, 0.2) is 12.4 Å². The highest BCUT2D eigenvalue weighted by molar-refractivity contribution is 5.91. The zero-order valence-electron chi connectivity index (χ0n) is 26.9. The summed E-state index contributed by atoms with van der Waals surface area (Å²) >= 11 is 0. The Morgan fingerprint density at radius 3 is 1.81 bits per heavy atom. The van der Waals surface area contributed by atoms with Crippen LogP contribution in [0.4, 0.5) is 5.69 Å². The summed E-state index contributed by atoms with van der Waals surface area (Å²) in [6.07, 6.45) is 19.8. The van der Waals surface area contributed by atoms with Crippen molar-refractivity contribution >= 4 is 11.7 Å². The zero-order chi connectivity index (χ0) is 30.7. The van der Waals surface area contributed by atoms with E-state index < -0.39 is 5.97 Å². The van der Waals surface area contributed by atoms with E-state index in [1.54, 1.807) is 24.3 Å². The van der Waals surface area contributed by atoms with E-state index in [4.69, 9.17) is 14.2 Å². The van der Waals surface area contributed by atoms with Crippen LogP contribution in [0.1, 0.15) is 114 Å². The molecular formula is C37H53N2O4+. The Bertz CT molecular complexity index is 1160. The van der Waals surface area contributed by atoms with E-state index in [0.29, 0.717) is 17.9 Å². The zero-order valence-corrected chi connectivity index (χ0v) is 26.9. The summed E-state index contributed by atoms with van der Waals surface area (Å²) in [6, 6.07) is 18.7. The number of pyridine rings is 1. The molecule has 0 aliphatic rings. The van der Waals surface area contributed by atoms with Gasteiger partial charge in [-0.1, -0.05) is 78.1 Å². The fraction of sp³-hybridized carbons (Fsp3) is 0.514. The Morgan fingerprint density at radius 1 is 0.674 bits per heavy atom. The van der Waals surface area contributed by atoms with Gasteiger partial charge >= 0.3 is 12.2 Å². The predicted molar refractivity (Wildman–Crippen MR) is 175 cm³/mol. The second kappa shape index (κ2) is 19.6. The number of hydrogen-bond acceptors (Lipinski definition) is 5. The van der Waals surface area contributed by atoms with Crippen LogP contribution in [0.5, 0.6) is 17.2 Å². The van der Waals surface area contributed by atoms with Crippen LogP contribution in [-0.2, 0) is 0 Å². The summed E-state index contributed by atoms with van der Waals surface area (Å²) in [4.78, 5) is 14.9. The van der Waals surface area contributed by atoms with Gasteiger partial charge in [-0.3, -0.25) is 0 Å². The number of unbranched alkanes of at least 4 members (excludes halogenated alkanes) is 10. The summed E-state index contributed by atoms with van der Waals surface area (Å²) in [7, 11) is 4.08. The average Bonchev–Trinajstić information content (AvgIpc) is 3.03. The molecule has 0 radical (unpaired) electrons. The van der Waals surface area contributed by atoms with E-state index in [1.807, 2.05) is 38.4 Å². The van der Waals surface area contributed by atoms with Crippen molar-refractivity contribution in [1.82, 2.24) is 0 Å². The molecule has 0 fully saturated rings. The molecule has 0 aliphatic carbocycles. The summed E-state index contributed by atoms with van der Waals surface area (Å²) in [5.74, 6) is 1.61. The maximum Gasteiger partial charge on any atom is 0.343 e. The molecule has 2 aromatic carbocycles. The lowest BCUT2D eigenvalue weighted by Crippen LogP contribution is -2.42. The molecule has 0 saturated carbocycles. The van der Waals surface area contributed by atoms with Gasteiger partial charge in [0.25, 0.3) is 0 Å². The van der Waals surface area contributed by atoms with Crippen LogP contribution in [0.25, 0.3) is 0 Å². The molecule has 3 rings (SSSR count). The molecule has 0 spiro atoms. The van der Waals surface area contributed by atoms with Crippen molar-refractivity contribution in [2.24, 2.45) is 0 Å². The van der Waals surface area contributed by atoms with Crippen LogP contribution in [0.2, 0.25) is 0 Å². The largest absolute Gasteiger partial charge is 0.494 e. The van der Waals surface area contributed by atoms with Gasteiger partial charge in [-0.15, -0.1) is 0 Å². The summed E-state index contributed by atoms with van der Waals surface area (Å²) < 4.78 is 20.0. The summed E-state index contributed by atoms with van der Waals surface area (Å²) in [5, 5.41) is 0. The highest BCUT2D eigenvalue weighted by Crippen LogP contribution is 2.23. The Morgan fingerprint density at radius 2 is 1.21 bits per heavy atom. The van der Waals surface area contributed by atoms with E-state index >= 15 is 0 Å². The Balaban J connectivity index is 1.52. The lowest BCUT2D eigenvalue weighted by molar-refractivity contribution is -0.754. The first kappa shape index (κ1) is 34.0. The van der Waals surface area contributed by atoms with Gasteiger partial charge in [0.2, 0.25) is 0 Å². The lowest BCUT2D eigenvalue weighted by atomic mass is 10.1. The number of aromatic nitrogens is 1. The number of esters is 1. The molecule has 0 saturated heterocycles. The second-order valence-corrected chi connectivity index (χ2v) is 11.5. The molecule has 0 bridgehead atoms. The van der Waals surface area contributed by atoms with E-state index in [9.17, 15) is 4.79 Å². The Hall–Kier alpha value is -3.54. The average molecular weight is 590 g/mol. The molecule has 0 amide bonds. The Kier molecular flexibility index (Phi) is 15.5. The monoisotopic (exact) mass is 589 g/mol. The van der Waals surface area contributed by atoms with Crippen molar-refractivity contribution in [3.05, 3.63) is 78.6 Å². The molecule has 1 atom stereocenters. The van der Waals surface area contributed by atoms with E-state index in [-0.39, 0.29) is 6.23 Å². The number of hydrogen-bond donors (Lipinski definition) is 0. The smallest absolute Gasteiger partial charge is 0.343 e. The van der Waals surface area contributed by atoms with Gasteiger partial charge < -0.3 is 19.1 Å². The van der Waals surface area contributed by atoms with Crippen LogP contribution in [0.3, 0.4) is 0 Å². The number of carbonyl (C=O) groups excluding carboxylic acids is 1. The molecule has 6 heteroatoms. The molecule has 1 unspecified atom stereocenters. The molecule has 43 heavy (non-hydrogen) atoms. The normalized spacial score (nSPS) is 11.6. The van der Waals surface area contributed by atoms with E-state index in [2.05, 4.69) is 47.8 Å². The first-order chi connectivity index (χ1) is 21.0. The second-order valence-electron chi connectivity index (χ2n) is 11.5. The number of benzene rings is 2. The fourth-order valence-electron chi connectivity index (χ4n) is 4.96. The molecule has 3 aromatic rings. The van der Waals surface area contributed by atoms with Crippen molar-refractivity contribution in [2.45, 2.75) is 104 Å². The highest BCUT2D eigenvalue weighted by Gasteiger charge is 2.21. The number of carbonyl (C=O) groups is 1. The fourth-order valence-corrected chi connectivity index (χ4v) is 4.96. The van der Waals surface area contributed by atoms with Gasteiger partial charge in [0.1, 0.15) is 17.2 Å². The van der Waals surface area contributed by atoms with Crippen molar-refractivity contribution in [1.29, 1.82) is 0 Å². The highest BCUT2D eigenvalue weighted by atomic mass is 16.5. The van der Waals surface area contributed by atoms with Crippen molar-refractivity contribution < 1.29 is 23.6 Å². The first-order valence-corrected chi connectivity index (χ1v) is 16.4. The summed E-state index contributed by atoms with van der Waals surface area (Å²) in [5.41, 5.74) is 1.62. The van der Waals surface area contributed by atoms with Crippen LogP contribution in [0.15, 0.2) is 73.1 Å². The number of rotatable bonds is 21. The molecule has 1 heterocycles. The maximum absolute atomic E-state index is 12.8. The Labute approximate surface area is 260 Å².